The van der Waals surface area contributed by atoms with Crippen LogP contribution in [0.5, 0.6) is 0 Å². The van der Waals surface area contributed by atoms with Crippen molar-refractivity contribution in [3.05, 3.63) is 58.3 Å². The van der Waals surface area contributed by atoms with Crippen molar-refractivity contribution in [2.75, 3.05) is 32.7 Å². The number of hydrogen-bond donors (Lipinski definition) is 0. The molecule has 162 valence electrons. The summed E-state index contributed by atoms with van der Waals surface area (Å²) in [5.74, 6) is 1.63. The predicted octanol–water partition coefficient (Wildman–Crippen LogP) is 4.26. The molecule has 0 spiro atoms. The number of thiophene rings is 1. The van der Waals surface area contributed by atoms with Crippen molar-refractivity contribution in [1.29, 1.82) is 0 Å². The summed E-state index contributed by atoms with van der Waals surface area (Å²) < 4.78 is 5.39. The molecular formula is C23H25ClN4O2S. The summed E-state index contributed by atoms with van der Waals surface area (Å²) in [5.41, 5.74) is 0.722. The molecule has 5 rings (SSSR count). The third-order valence-electron chi connectivity index (χ3n) is 6.27. The van der Waals surface area contributed by atoms with Crippen molar-refractivity contribution >= 4 is 28.8 Å². The van der Waals surface area contributed by atoms with Gasteiger partial charge in [0.25, 0.3) is 0 Å². The van der Waals surface area contributed by atoms with Crippen LogP contribution in [0.2, 0.25) is 5.02 Å². The Morgan fingerprint density at radius 1 is 1.16 bits per heavy atom. The van der Waals surface area contributed by atoms with Gasteiger partial charge in [-0.1, -0.05) is 35.0 Å². The number of carbonyl (C=O) groups excluding carboxylic acids is 1. The van der Waals surface area contributed by atoms with Crippen LogP contribution in [0.1, 0.15) is 30.7 Å². The van der Waals surface area contributed by atoms with Gasteiger partial charge in [-0.3, -0.25) is 9.69 Å². The number of carbonyl (C=O) groups is 1. The van der Waals surface area contributed by atoms with E-state index in [1.807, 2.05) is 46.7 Å². The molecule has 0 bridgehead atoms. The molecule has 0 unspecified atom stereocenters. The molecule has 0 atom stereocenters. The Bertz CT molecular complexity index is 1040. The summed E-state index contributed by atoms with van der Waals surface area (Å²) >= 11 is 7.77. The largest absolute Gasteiger partial charge is 0.339 e. The van der Waals surface area contributed by atoms with Crippen LogP contribution in [0.15, 0.2) is 46.3 Å². The second-order valence-electron chi connectivity index (χ2n) is 8.32. The SMILES string of the molecule is O=C(N1CCN(CCCc2nc(-c3cccs3)no2)CC1)C1(c2cccc(Cl)c2)CC1. The molecule has 8 heteroatoms. The highest BCUT2D eigenvalue weighted by Crippen LogP contribution is 2.50. The van der Waals surface area contributed by atoms with Gasteiger partial charge in [0, 0.05) is 37.6 Å². The van der Waals surface area contributed by atoms with Gasteiger partial charge in [-0.25, -0.2) is 0 Å². The van der Waals surface area contributed by atoms with Gasteiger partial charge < -0.3 is 9.42 Å². The van der Waals surface area contributed by atoms with E-state index in [-0.39, 0.29) is 11.3 Å². The monoisotopic (exact) mass is 456 g/mol. The van der Waals surface area contributed by atoms with Gasteiger partial charge in [-0.2, -0.15) is 4.98 Å². The number of rotatable bonds is 7. The molecule has 1 amide bonds. The Balaban J connectivity index is 1.09. The standard InChI is InChI=1S/C23H25ClN4O2S/c24-18-5-1-4-17(16-18)23(8-9-23)22(29)28-13-11-27(12-14-28)10-2-7-20-25-21(26-30-20)19-6-3-15-31-19/h1,3-6,15-16H,2,7-14H2. The number of nitrogens with zero attached hydrogens (tertiary/aromatic N) is 4. The number of piperazine rings is 1. The fourth-order valence-corrected chi connectivity index (χ4v) is 5.17. The third kappa shape index (κ3) is 4.40. The van der Waals surface area contributed by atoms with Gasteiger partial charge in [-0.05, 0) is 54.9 Å². The topological polar surface area (TPSA) is 62.5 Å². The van der Waals surface area contributed by atoms with Crippen molar-refractivity contribution < 1.29 is 9.32 Å². The fourth-order valence-electron chi connectivity index (χ4n) is 4.33. The molecule has 1 saturated carbocycles. The minimum Gasteiger partial charge on any atom is -0.339 e. The molecule has 2 aromatic heterocycles. The highest BCUT2D eigenvalue weighted by molar-refractivity contribution is 7.13. The van der Waals surface area contributed by atoms with Crippen molar-refractivity contribution in [2.45, 2.75) is 31.1 Å². The van der Waals surface area contributed by atoms with Crippen molar-refractivity contribution in [3.8, 4) is 10.7 Å². The average molecular weight is 457 g/mol. The van der Waals surface area contributed by atoms with Crippen LogP contribution in [0.3, 0.4) is 0 Å². The van der Waals surface area contributed by atoms with E-state index in [2.05, 4.69) is 15.0 Å². The quantitative estimate of drug-likeness (QED) is 0.531. The van der Waals surface area contributed by atoms with Gasteiger partial charge in [-0.15, -0.1) is 11.3 Å². The third-order valence-corrected chi connectivity index (χ3v) is 7.37. The summed E-state index contributed by atoms with van der Waals surface area (Å²) in [6, 6.07) is 11.8. The first kappa shape index (κ1) is 20.7. The number of amides is 1. The normalized spacial score (nSPS) is 18.3. The molecule has 3 aromatic rings. The molecule has 0 N–H and O–H groups in total. The molecule has 31 heavy (non-hydrogen) atoms. The summed E-state index contributed by atoms with van der Waals surface area (Å²) in [6.45, 7) is 4.34. The Hall–Kier alpha value is -2.22. The van der Waals surface area contributed by atoms with Crippen LogP contribution in [0.25, 0.3) is 10.7 Å². The zero-order chi connectivity index (χ0) is 21.3. The Labute approximate surface area is 190 Å². The van der Waals surface area contributed by atoms with E-state index >= 15 is 0 Å². The highest BCUT2D eigenvalue weighted by atomic mass is 35.5. The minimum atomic E-state index is -0.342. The van der Waals surface area contributed by atoms with Crippen molar-refractivity contribution in [3.63, 3.8) is 0 Å². The Morgan fingerprint density at radius 3 is 2.71 bits per heavy atom. The molecule has 1 aliphatic heterocycles. The predicted molar refractivity (Wildman–Crippen MR) is 121 cm³/mol. The van der Waals surface area contributed by atoms with E-state index in [0.29, 0.717) is 16.7 Å². The lowest BCUT2D eigenvalue weighted by Gasteiger charge is -2.36. The van der Waals surface area contributed by atoms with Crippen molar-refractivity contribution in [2.24, 2.45) is 0 Å². The van der Waals surface area contributed by atoms with Crippen LogP contribution < -0.4 is 0 Å². The molecule has 0 radical (unpaired) electrons. The lowest BCUT2D eigenvalue weighted by molar-refractivity contribution is -0.135. The van der Waals surface area contributed by atoms with E-state index in [4.69, 9.17) is 16.1 Å². The molecule has 2 aliphatic rings. The smallest absolute Gasteiger partial charge is 0.233 e. The summed E-state index contributed by atoms with van der Waals surface area (Å²) in [5, 5.41) is 6.78. The van der Waals surface area contributed by atoms with Gasteiger partial charge in [0.05, 0.1) is 10.3 Å². The zero-order valence-electron chi connectivity index (χ0n) is 17.3. The van der Waals surface area contributed by atoms with Gasteiger partial charge in [0.1, 0.15) is 0 Å². The number of hydrogen-bond acceptors (Lipinski definition) is 6. The summed E-state index contributed by atoms with van der Waals surface area (Å²) in [4.78, 5) is 23.2. The van der Waals surface area contributed by atoms with Crippen LogP contribution in [0.4, 0.5) is 0 Å². The first-order chi connectivity index (χ1) is 15.1. The summed E-state index contributed by atoms with van der Waals surface area (Å²) in [7, 11) is 0. The van der Waals surface area contributed by atoms with E-state index < -0.39 is 0 Å². The van der Waals surface area contributed by atoms with Gasteiger partial charge in [0.15, 0.2) is 0 Å². The average Bonchev–Trinajstić information content (AvgIpc) is 3.18. The Morgan fingerprint density at radius 2 is 2.00 bits per heavy atom. The molecule has 2 fully saturated rings. The lowest BCUT2D eigenvalue weighted by Crippen LogP contribution is -2.51. The molecule has 1 saturated heterocycles. The second kappa shape index (κ2) is 8.73. The fraction of sp³-hybridized carbons (Fsp3) is 0.435. The van der Waals surface area contributed by atoms with Gasteiger partial charge >= 0.3 is 0 Å². The number of aryl methyl sites for hydroxylation is 1. The molecule has 1 aromatic carbocycles. The van der Waals surface area contributed by atoms with E-state index in [0.717, 1.165) is 68.8 Å². The summed E-state index contributed by atoms with van der Waals surface area (Å²) in [6.07, 6.45) is 3.58. The Kier molecular flexibility index (Phi) is 5.82. The van der Waals surface area contributed by atoms with Crippen molar-refractivity contribution in [1.82, 2.24) is 19.9 Å². The second-order valence-corrected chi connectivity index (χ2v) is 9.70. The number of halogens is 1. The maximum absolute atomic E-state index is 13.2. The molecule has 6 nitrogen and oxygen atoms in total. The van der Waals surface area contributed by atoms with Gasteiger partial charge in [0.2, 0.25) is 17.6 Å². The van der Waals surface area contributed by atoms with Crippen LogP contribution in [0, 0.1) is 0 Å². The maximum Gasteiger partial charge on any atom is 0.233 e. The molecular weight excluding hydrogens is 432 g/mol. The van der Waals surface area contributed by atoms with E-state index in [9.17, 15) is 4.79 Å². The lowest BCUT2D eigenvalue weighted by atomic mass is 9.94. The minimum absolute atomic E-state index is 0.265. The van der Waals surface area contributed by atoms with Crippen LogP contribution in [-0.2, 0) is 16.6 Å². The van der Waals surface area contributed by atoms with Crippen LogP contribution in [-0.4, -0.2) is 58.6 Å². The first-order valence-corrected chi connectivity index (χ1v) is 12.0. The molecule has 1 aliphatic carbocycles. The van der Waals surface area contributed by atoms with E-state index in [1.54, 1.807) is 11.3 Å². The first-order valence-electron chi connectivity index (χ1n) is 10.8. The number of aromatic nitrogens is 2. The molecule has 3 heterocycles. The maximum atomic E-state index is 13.2. The van der Waals surface area contributed by atoms with Crippen LogP contribution >= 0.6 is 22.9 Å². The van der Waals surface area contributed by atoms with E-state index in [1.165, 1.54) is 0 Å². The zero-order valence-corrected chi connectivity index (χ0v) is 18.9. The highest BCUT2D eigenvalue weighted by Gasteiger charge is 2.53. The number of benzene rings is 1.